The fraction of sp³-hybridized carbons (Fsp3) is 0.345. The predicted octanol–water partition coefficient (Wildman–Crippen LogP) is 7.61. The van der Waals surface area contributed by atoms with Gasteiger partial charge in [0.25, 0.3) is 0 Å². The van der Waals surface area contributed by atoms with Gasteiger partial charge < -0.3 is 5.32 Å². The van der Waals surface area contributed by atoms with Gasteiger partial charge in [0.1, 0.15) is 0 Å². The summed E-state index contributed by atoms with van der Waals surface area (Å²) in [6.07, 6.45) is 0. The maximum atomic E-state index is 13.3. The number of nitrogens with zero attached hydrogens (tertiary/aromatic N) is 3. The lowest BCUT2D eigenvalue weighted by Crippen LogP contribution is -2.43. The van der Waals surface area contributed by atoms with Crippen molar-refractivity contribution >= 4 is 52.2 Å². The molecular formula is C29H29Cl3N4O. The van der Waals surface area contributed by atoms with E-state index in [1.165, 1.54) is 0 Å². The van der Waals surface area contributed by atoms with Crippen molar-refractivity contribution in [1.82, 2.24) is 15.3 Å². The van der Waals surface area contributed by atoms with Gasteiger partial charge in [-0.1, -0.05) is 72.9 Å². The summed E-state index contributed by atoms with van der Waals surface area (Å²) in [5.41, 5.74) is 5.30. The fourth-order valence-electron chi connectivity index (χ4n) is 6.20. The highest BCUT2D eigenvalue weighted by molar-refractivity contribution is 6.40. The van der Waals surface area contributed by atoms with E-state index >= 15 is 0 Å². The van der Waals surface area contributed by atoms with Gasteiger partial charge >= 0.3 is 6.03 Å². The number of anilines is 2. The highest BCUT2D eigenvalue weighted by Gasteiger charge is 2.44. The van der Waals surface area contributed by atoms with Crippen LogP contribution in [0, 0.1) is 17.8 Å². The molecule has 37 heavy (non-hydrogen) atoms. The van der Waals surface area contributed by atoms with Gasteiger partial charge in [-0.15, -0.1) is 0 Å². The highest BCUT2D eigenvalue weighted by atomic mass is 35.5. The topological polar surface area (TPSA) is 38.8 Å². The van der Waals surface area contributed by atoms with Crippen LogP contribution in [0.25, 0.3) is 11.1 Å². The molecule has 2 bridgehead atoms. The minimum absolute atomic E-state index is 0.256. The Bertz CT molecular complexity index is 1360. The molecule has 0 spiro atoms. The molecule has 2 amide bonds. The Balaban J connectivity index is 1.46. The molecule has 0 aliphatic carbocycles. The average molecular weight is 556 g/mol. The van der Waals surface area contributed by atoms with E-state index in [1.807, 2.05) is 24.3 Å². The maximum absolute atomic E-state index is 13.3. The summed E-state index contributed by atoms with van der Waals surface area (Å²) >= 11 is 19.9. The summed E-state index contributed by atoms with van der Waals surface area (Å²) in [6, 6.07) is 17.2. The van der Waals surface area contributed by atoms with E-state index in [9.17, 15) is 4.79 Å². The normalized spacial score (nSPS) is 23.0. The van der Waals surface area contributed by atoms with E-state index in [1.54, 1.807) is 23.1 Å². The molecule has 192 valence electrons. The van der Waals surface area contributed by atoms with Gasteiger partial charge in [0.05, 0.1) is 21.4 Å². The molecular weight excluding hydrogens is 527 g/mol. The van der Waals surface area contributed by atoms with Crippen molar-refractivity contribution in [2.75, 3.05) is 24.5 Å². The number of rotatable bonds is 5. The SMILES string of the molecule is CC(C)[C@@H]1CN2C[C@H]1CN2Cc1cc(-c2ccccc2Cl)c2c(c1)N(c1c(Cl)cccc1Cl)C(=O)NC2. The molecule has 5 nitrogen and oxygen atoms in total. The van der Waals surface area contributed by atoms with Crippen LogP contribution in [0.2, 0.25) is 15.1 Å². The lowest BCUT2D eigenvalue weighted by atomic mass is 9.86. The highest BCUT2D eigenvalue weighted by Crippen LogP contribution is 2.45. The quantitative estimate of drug-likeness (QED) is 0.352. The molecule has 1 N–H and O–H groups in total. The number of fused-ring (bicyclic) bond motifs is 3. The van der Waals surface area contributed by atoms with Crippen LogP contribution >= 0.6 is 34.8 Å². The number of hydrogen-bond acceptors (Lipinski definition) is 3. The van der Waals surface area contributed by atoms with Gasteiger partial charge in [0.2, 0.25) is 0 Å². The number of halogens is 3. The Kier molecular flexibility index (Phi) is 6.62. The zero-order valence-corrected chi connectivity index (χ0v) is 23.1. The van der Waals surface area contributed by atoms with Gasteiger partial charge in [-0.05, 0) is 59.2 Å². The first-order valence-corrected chi connectivity index (χ1v) is 13.9. The van der Waals surface area contributed by atoms with Crippen LogP contribution in [-0.4, -0.2) is 35.7 Å². The number of carbonyl (C=O) groups is 1. The van der Waals surface area contributed by atoms with E-state index in [-0.39, 0.29) is 6.03 Å². The van der Waals surface area contributed by atoms with Gasteiger partial charge in [-0.25, -0.2) is 14.8 Å². The second-order valence-electron chi connectivity index (χ2n) is 10.6. The number of carbonyl (C=O) groups excluding carboxylic acids is 1. The Morgan fingerprint density at radius 2 is 1.65 bits per heavy atom. The molecule has 1 unspecified atom stereocenters. The zero-order valence-electron chi connectivity index (χ0n) is 20.8. The molecule has 0 aromatic heterocycles. The number of nitrogens with one attached hydrogen (secondary N) is 1. The van der Waals surface area contributed by atoms with Crippen LogP contribution in [0.5, 0.6) is 0 Å². The van der Waals surface area contributed by atoms with Crippen LogP contribution in [0.15, 0.2) is 54.6 Å². The number of para-hydroxylation sites is 1. The third-order valence-electron chi connectivity index (χ3n) is 8.01. The third-order valence-corrected chi connectivity index (χ3v) is 8.95. The largest absolute Gasteiger partial charge is 0.333 e. The molecule has 3 heterocycles. The second kappa shape index (κ2) is 9.79. The van der Waals surface area contributed by atoms with E-state index in [4.69, 9.17) is 34.8 Å². The monoisotopic (exact) mass is 554 g/mol. The molecule has 6 rings (SSSR count). The summed E-state index contributed by atoms with van der Waals surface area (Å²) < 4.78 is 0. The molecule has 3 aromatic carbocycles. The maximum Gasteiger partial charge on any atom is 0.326 e. The summed E-state index contributed by atoms with van der Waals surface area (Å²) in [6.45, 7) is 9.09. The zero-order chi connectivity index (χ0) is 25.8. The number of hydrogen-bond donors (Lipinski definition) is 1. The Morgan fingerprint density at radius 3 is 2.32 bits per heavy atom. The fourth-order valence-corrected chi connectivity index (χ4v) is 7.01. The van der Waals surface area contributed by atoms with Gasteiger partial charge in [0.15, 0.2) is 0 Å². The van der Waals surface area contributed by atoms with Crippen molar-refractivity contribution in [3.8, 4) is 11.1 Å². The summed E-state index contributed by atoms with van der Waals surface area (Å²) in [5.74, 6) is 2.14. The molecule has 8 heteroatoms. The van der Waals surface area contributed by atoms with Crippen molar-refractivity contribution < 1.29 is 4.79 Å². The van der Waals surface area contributed by atoms with Crippen LogP contribution < -0.4 is 10.2 Å². The number of urea groups is 1. The van der Waals surface area contributed by atoms with Gasteiger partial charge in [0, 0.05) is 48.9 Å². The first-order valence-electron chi connectivity index (χ1n) is 12.7. The summed E-state index contributed by atoms with van der Waals surface area (Å²) in [4.78, 5) is 14.9. The predicted molar refractivity (Wildman–Crippen MR) is 152 cm³/mol. The molecule has 3 aromatic rings. The van der Waals surface area contributed by atoms with Crippen LogP contribution in [-0.2, 0) is 13.1 Å². The molecule has 2 saturated heterocycles. The first-order chi connectivity index (χ1) is 17.8. The smallest absolute Gasteiger partial charge is 0.326 e. The van der Waals surface area contributed by atoms with Gasteiger partial charge in [-0.3, -0.25) is 4.90 Å². The third kappa shape index (κ3) is 4.41. The second-order valence-corrected chi connectivity index (χ2v) is 11.8. The van der Waals surface area contributed by atoms with Crippen LogP contribution in [0.3, 0.4) is 0 Å². The minimum atomic E-state index is -0.256. The molecule has 0 radical (unpaired) electrons. The standard InChI is InChI=1S/C29H29Cl3N4O/c1-17(2)23-16-35-15-19(23)14-34(35)13-18-10-21(20-6-3-4-7-24(20)30)22-12-33-29(37)36(27(22)11-18)28-25(31)8-5-9-26(28)32/h3-11,17,19,23H,12-16H2,1-2H3,(H,33,37)/t19-,23+/m1/s1. The average Bonchev–Trinajstić information content (AvgIpc) is 3.46. The molecule has 3 aliphatic rings. The lowest BCUT2D eigenvalue weighted by Gasteiger charge is -2.36. The van der Waals surface area contributed by atoms with Crippen molar-refractivity contribution in [2.45, 2.75) is 26.9 Å². The van der Waals surface area contributed by atoms with Crippen molar-refractivity contribution in [3.63, 3.8) is 0 Å². The summed E-state index contributed by atoms with van der Waals surface area (Å²) in [7, 11) is 0. The lowest BCUT2D eigenvalue weighted by molar-refractivity contribution is -0.00829. The van der Waals surface area contributed by atoms with Crippen LogP contribution in [0.4, 0.5) is 16.2 Å². The van der Waals surface area contributed by atoms with Crippen molar-refractivity contribution in [3.05, 3.63) is 80.8 Å². The molecule has 2 fully saturated rings. The van der Waals surface area contributed by atoms with E-state index < -0.39 is 0 Å². The van der Waals surface area contributed by atoms with E-state index in [0.717, 1.165) is 60.0 Å². The van der Waals surface area contributed by atoms with Crippen LogP contribution in [0.1, 0.15) is 25.0 Å². The minimum Gasteiger partial charge on any atom is -0.333 e. The van der Waals surface area contributed by atoms with Crippen molar-refractivity contribution in [1.29, 1.82) is 0 Å². The number of benzene rings is 3. The van der Waals surface area contributed by atoms with E-state index in [2.05, 4.69) is 41.3 Å². The van der Waals surface area contributed by atoms with Gasteiger partial charge in [-0.2, -0.15) is 0 Å². The van der Waals surface area contributed by atoms with Crippen molar-refractivity contribution in [2.24, 2.45) is 17.8 Å². The molecule has 0 saturated carbocycles. The molecule has 3 atom stereocenters. The first kappa shape index (κ1) is 25.0. The Hall–Kier alpha value is -2.28. The van der Waals surface area contributed by atoms with E-state index in [0.29, 0.717) is 39.1 Å². The summed E-state index contributed by atoms with van der Waals surface area (Å²) in [5, 5.41) is 9.47. The molecule has 3 aliphatic heterocycles. The number of hydrazine groups is 1. The Morgan fingerprint density at radius 1 is 0.919 bits per heavy atom. The number of amides is 2. The Labute approximate surface area is 232 Å².